The fourth-order valence-electron chi connectivity index (χ4n) is 3.20. The van der Waals surface area contributed by atoms with Crippen molar-refractivity contribution in [3.8, 4) is 0 Å². The van der Waals surface area contributed by atoms with Crippen molar-refractivity contribution in [2.45, 2.75) is 23.2 Å². The Balaban J connectivity index is 1.54. The summed E-state index contributed by atoms with van der Waals surface area (Å²) in [6.07, 6.45) is 5.96. The van der Waals surface area contributed by atoms with Crippen LogP contribution in [0.5, 0.6) is 0 Å². The average molecular weight is 450 g/mol. The zero-order valence-electron chi connectivity index (χ0n) is 16.4. The maximum absolute atomic E-state index is 12.4. The number of alkyl halides is 3. The summed E-state index contributed by atoms with van der Waals surface area (Å²) in [5, 5.41) is 2.68. The molecule has 0 saturated carbocycles. The second-order valence-electron chi connectivity index (χ2n) is 7.03. The normalized spacial score (nSPS) is 17.0. The van der Waals surface area contributed by atoms with Crippen LogP contribution < -0.4 is 16.0 Å². The van der Waals surface area contributed by atoms with E-state index < -0.39 is 11.4 Å². The Hall–Kier alpha value is -3.01. The number of carbonyl (C=O) groups is 2. The first-order valence-electron chi connectivity index (χ1n) is 9.55. The summed E-state index contributed by atoms with van der Waals surface area (Å²) in [7, 11) is 0. The lowest BCUT2D eigenvalue weighted by atomic mass is 9.97. The minimum atomic E-state index is -4.33. The van der Waals surface area contributed by atoms with Gasteiger partial charge in [0, 0.05) is 24.1 Å². The van der Waals surface area contributed by atoms with Crippen molar-refractivity contribution in [3.05, 3.63) is 54.2 Å². The molecule has 1 aliphatic heterocycles. The number of nitrogens with zero attached hydrogens (tertiary/aromatic N) is 2. The summed E-state index contributed by atoms with van der Waals surface area (Å²) < 4.78 is 37.1. The molecule has 1 saturated heterocycles. The molecule has 1 aliphatic rings. The highest BCUT2D eigenvalue weighted by Crippen LogP contribution is 2.36. The minimum absolute atomic E-state index is 0.0797. The van der Waals surface area contributed by atoms with E-state index in [1.54, 1.807) is 12.1 Å². The van der Waals surface area contributed by atoms with Crippen molar-refractivity contribution >= 4 is 41.2 Å². The molecule has 1 atom stereocenters. The highest BCUT2D eigenvalue weighted by atomic mass is 32.2. The second-order valence-corrected chi connectivity index (χ2v) is 8.17. The summed E-state index contributed by atoms with van der Waals surface area (Å²) in [5.74, 6) is -0.193. The molecule has 0 bridgehead atoms. The Labute approximate surface area is 181 Å². The van der Waals surface area contributed by atoms with Gasteiger partial charge in [-0.05, 0) is 60.5 Å². The van der Waals surface area contributed by atoms with Crippen LogP contribution >= 0.6 is 11.8 Å². The first-order valence-corrected chi connectivity index (χ1v) is 10.4. The van der Waals surface area contributed by atoms with E-state index in [0.717, 1.165) is 19.4 Å². The number of amides is 2. The molecule has 31 heavy (non-hydrogen) atoms. The van der Waals surface area contributed by atoms with Crippen LogP contribution in [-0.4, -0.2) is 35.4 Å². The smallest absolute Gasteiger partial charge is 0.369 e. The van der Waals surface area contributed by atoms with E-state index in [-0.39, 0.29) is 28.5 Å². The molecule has 2 heterocycles. The third-order valence-electron chi connectivity index (χ3n) is 4.70. The van der Waals surface area contributed by atoms with E-state index >= 15 is 0 Å². The Kier molecular flexibility index (Phi) is 7.21. The zero-order valence-corrected chi connectivity index (χ0v) is 17.2. The first kappa shape index (κ1) is 22.7. The van der Waals surface area contributed by atoms with Gasteiger partial charge in [0.15, 0.2) is 0 Å². The maximum atomic E-state index is 12.4. The van der Waals surface area contributed by atoms with Crippen LogP contribution in [0.1, 0.15) is 18.4 Å². The number of nitrogens with two attached hydrogens (primary N) is 1. The topological polar surface area (TPSA) is 88.3 Å². The molecule has 1 unspecified atom stereocenters. The van der Waals surface area contributed by atoms with Crippen molar-refractivity contribution in [2.24, 2.45) is 11.7 Å². The van der Waals surface area contributed by atoms with Gasteiger partial charge >= 0.3 is 5.51 Å². The van der Waals surface area contributed by atoms with E-state index in [1.165, 1.54) is 42.6 Å². The number of halogens is 3. The molecule has 3 rings (SSSR count). The van der Waals surface area contributed by atoms with E-state index in [1.807, 2.05) is 4.90 Å². The summed E-state index contributed by atoms with van der Waals surface area (Å²) in [6, 6.07) is 9.19. The number of pyridine rings is 1. The highest BCUT2D eigenvalue weighted by molar-refractivity contribution is 8.00. The van der Waals surface area contributed by atoms with Crippen LogP contribution in [-0.2, 0) is 9.59 Å². The molecular formula is C21H21F3N4O2S. The van der Waals surface area contributed by atoms with Gasteiger partial charge in [-0.25, -0.2) is 4.98 Å². The van der Waals surface area contributed by atoms with Crippen molar-refractivity contribution in [1.29, 1.82) is 0 Å². The molecule has 2 aromatic rings. The third-order valence-corrected chi connectivity index (χ3v) is 5.44. The van der Waals surface area contributed by atoms with Crippen LogP contribution in [0.3, 0.4) is 0 Å². The minimum Gasteiger partial charge on any atom is -0.369 e. The molecule has 1 aromatic heterocycles. The van der Waals surface area contributed by atoms with E-state index in [2.05, 4.69) is 10.3 Å². The van der Waals surface area contributed by atoms with Gasteiger partial charge in [-0.1, -0.05) is 12.1 Å². The molecule has 1 fully saturated rings. The fourth-order valence-corrected chi connectivity index (χ4v) is 3.74. The van der Waals surface area contributed by atoms with Gasteiger partial charge in [-0.15, -0.1) is 0 Å². The van der Waals surface area contributed by atoms with Crippen LogP contribution in [0.25, 0.3) is 6.08 Å². The predicted octanol–water partition coefficient (Wildman–Crippen LogP) is 4.05. The number of primary amides is 1. The molecule has 6 nitrogen and oxygen atoms in total. The van der Waals surface area contributed by atoms with Gasteiger partial charge in [0.05, 0.1) is 17.8 Å². The molecule has 2 amide bonds. The average Bonchev–Trinajstić information content (AvgIpc) is 2.73. The first-order chi connectivity index (χ1) is 14.7. The lowest BCUT2D eigenvalue weighted by molar-refractivity contribution is -0.122. The predicted molar refractivity (Wildman–Crippen MR) is 114 cm³/mol. The number of piperidine rings is 1. The number of anilines is 2. The van der Waals surface area contributed by atoms with Crippen LogP contribution in [0.2, 0.25) is 0 Å². The number of thioether (sulfide) groups is 1. The van der Waals surface area contributed by atoms with Crippen molar-refractivity contribution in [1.82, 2.24) is 4.98 Å². The Morgan fingerprint density at radius 1 is 1.19 bits per heavy atom. The van der Waals surface area contributed by atoms with Crippen molar-refractivity contribution in [3.63, 3.8) is 0 Å². The number of benzene rings is 1. The largest absolute Gasteiger partial charge is 0.446 e. The second kappa shape index (κ2) is 9.86. The maximum Gasteiger partial charge on any atom is 0.446 e. The van der Waals surface area contributed by atoms with E-state index in [4.69, 9.17) is 5.73 Å². The molecule has 0 aliphatic carbocycles. The van der Waals surface area contributed by atoms with Crippen molar-refractivity contribution < 1.29 is 22.8 Å². The summed E-state index contributed by atoms with van der Waals surface area (Å²) in [4.78, 5) is 29.9. The number of hydrogen-bond donors (Lipinski definition) is 2. The Morgan fingerprint density at radius 3 is 2.55 bits per heavy atom. The fraction of sp³-hybridized carbons (Fsp3) is 0.286. The SMILES string of the molecule is NC(=O)C1CCCN(c2ccc(NC(=O)/C=C/c3ccc(SC(F)(F)F)cc3)cn2)C1. The monoisotopic (exact) mass is 450 g/mol. The van der Waals surface area contributed by atoms with Gasteiger partial charge in [0.2, 0.25) is 11.8 Å². The zero-order chi connectivity index (χ0) is 22.4. The van der Waals surface area contributed by atoms with Crippen LogP contribution in [0, 0.1) is 5.92 Å². The molecule has 0 spiro atoms. The number of rotatable bonds is 6. The van der Waals surface area contributed by atoms with Crippen LogP contribution in [0.15, 0.2) is 53.6 Å². The van der Waals surface area contributed by atoms with Gasteiger partial charge in [-0.2, -0.15) is 13.2 Å². The Bertz CT molecular complexity index is 947. The lowest BCUT2D eigenvalue weighted by Gasteiger charge is -2.32. The van der Waals surface area contributed by atoms with E-state index in [9.17, 15) is 22.8 Å². The quantitative estimate of drug-likeness (QED) is 0.512. The lowest BCUT2D eigenvalue weighted by Crippen LogP contribution is -2.41. The molecule has 0 radical (unpaired) electrons. The van der Waals surface area contributed by atoms with E-state index in [0.29, 0.717) is 23.6 Å². The molecular weight excluding hydrogens is 429 g/mol. The molecule has 3 N–H and O–H groups in total. The van der Waals surface area contributed by atoms with Gasteiger partial charge < -0.3 is 16.0 Å². The third kappa shape index (κ3) is 7.02. The van der Waals surface area contributed by atoms with Crippen LogP contribution in [0.4, 0.5) is 24.7 Å². The summed E-state index contributed by atoms with van der Waals surface area (Å²) in [6.45, 7) is 1.31. The standard InChI is InChI=1S/C21H21F3N4O2S/c22-21(23,24)31-17-7-3-14(4-8-17)5-10-19(29)27-16-6-9-18(26-12-16)28-11-1-2-15(13-28)20(25)30/h3-10,12,15H,1-2,11,13H2,(H2,25,30)(H,27,29)/b10-5+. The number of nitrogens with one attached hydrogen (secondary N) is 1. The highest BCUT2D eigenvalue weighted by Gasteiger charge is 2.29. The molecule has 164 valence electrons. The summed E-state index contributed by atoms with van der Waals surface area (Å²) >= 11 is -0.188. The number of aromatic nitrogens is 1. The summed E-state index contributed by atoms with van der Waals surface area (Å²) in [5.41, 5.74) is 2.17. The number of carbonyl (C=O) groups excluding carboxylic acids is 2. The number of hydrogen-bond acceptors (Lipinski definition) is 5. The molecule has 1 aromatic carbocycles. The van der Waals surface area contributed by atoms with Gasteiger partial charge in [0.25, 0.3) is 0 Å². The van der Waals surface area contributed by atoms with Gasteiger partial charge in [-0.3, -0.25) is 9.59 Å². The van der Waals surface area contributed by atoms with Crippen molar-refractivity contribution in [2.75, 3.05) is 23.3 Å². The molecule has 10 heteroatoms. The Morgan fingerprint density at radius 2 is 1.94 bits per heavy atom. The van der Waals surface area contributed by atoms with Gasteiger partial charge in [0.1, 0.15) is 5.82 Å².